The topological polar surface area (TPSA) is 77.1 Å². The number of anilines is 1. The van der Waals surface area contributed by atoms with Crippen molar-refractivity contribution in [3.05, 3.63) is 54.1 Å². The van der Waals surface area contributed by atoms with Crippen LogP contribution in [-0.4, -0.2) is 16.4 Å². The Balaban J connectivity index is 2.05. The molecular weight excluding hydrogens is 278 g/mol. The number of hydrogen-bond acceptors (Lipinski definition) is 2. The smallest absolute Gasteiger partial charge is 0.248 e. The Kier molecular flexibility index (Phi) is 2.56. The summed E-state index contributed by atoms with van der Waals surface area (Å²) in [5.41, 5.74) is 9.33. The lowest BCUT2D eigenvalue weighted by Crippen LogP contribution is -2.16. The Morgan fingerprint density at radius 1 is 1.14 bits per heavy atom. The number of amides is 2. The maximum Gasteiger partial charge on any atom is 0.248 e. The first-order valence-electron chi connectivity index (χ1n) is 6.96. The average Bonchev–Trinajstić information content (AvgIpc) is 2.78. The van der Waals surface area contributed by atoms with Crippen molar-refractivity contribution < 1.29 is 9.59 Å². The van der Waals surface area contributed by atoms with E-state index in [2.05, 4.69) is 5.32 Å². The minimum absolute atomic E-state index is 0.0896. The average molecular weight is 291 g/mol. The summed E-state index contributed by atoms with van der Waals surface area (Å²) >= 11 is 0. The number of fused-ring (bicyclic) bond motifs is 5. The lowest BCUT2D eigenvalue weighted by atomic mass is 10.1. The van der Waals surface area contributed by atoms with Crippen molar-refractivity contribution in [1.29, 1.82) is 0 Å². The van der Waals surface area contributed by atoms with Crippen LogP contribution in [0.5, 0.6) is 0 Å². The van der Waals surface area contributed by atoms with Gasteiger partial charge in [0, 0.05) is 22.0 Å². The van der Waals surface area contributed by atoms with Crippen LogP contribution in [0.1, 0.15) is 10.4 Å². The molecule has 0 fully saturated rings. The van der Waals surface area contributed by atoms with Crippen molar-refractivity contribution in [1.82, 2.24) is 4.57 Å². The molecule has 0 atom stereocenters. The van der Waals surface area contributed by atoms with E-state index in [1.165, 1.54) is 0 Å². The molecule has 1 aliphatic heterocycles. The van der Waals surface area contributed by atoms with Crippen LogP contribution in [0.3, 0.4) is 0 Å². The molecule has 0 aliphatic carbocycles. The number of nitrogens with one attached hydrogen (secondary N) is 1. The molecule has 1 aliphatic rings. The maximum absolute atomic E-state index is 12.1. The highest BCUT2D eigenvalue weighted by atomic mass is 16.2. The second kappa shape index (κ2) is 4.46. The van der Waals surface area contributed by atoms with Crippen molar-refractivity contribution in [3.8, 4) is 11.3 Å². The summed E-state index contributed by atoms with van der Waals surface area (Å²) < 4.78 is 1.92. The van der Waals surface area contributed by atoms with Crippen LogP contribution in [0.25, 0.3) is 22.2 Å². The van der Waals surface area contributed by atoms with Crippen LogP contribution in [0.2, 0.25) is 0 Å². The zero-order valence-corrected chi connectivity index (χ0v) is 11.7. The number of hydrogen-bond donors (Lipinski definition) is 2. The van der Waals surface area contributed by atoms with Crippen molar-refractivity contribution in [2.24, 2.45) is 5.73 Å². The molecule has 3 aromatic rings. The van der Waals surface area contributed by atoms with Gasteiger partial charge in [0.2, 0.25) is 11.8 Å². The summed E-state index contributed by atoms with van der Waals surface area (Å²) in [6.45, 7) is 0.204. The van der Waals surface area contributed by atoms with E-state index in [4.69, 9.17) is 5.73 Å². The molecule has 2 aromatic carbocycles. The maximum atomic E-state index is 12.1. The monoisotopic (exact) mass is 291 g/mol. The van der Waals surface area contributed by atoms with E-state index >= 15 is 0 Å². The normalized spacial score (nSPS) is 13.2. The van der Waals surface area contributed by atoms with E-state index in [1.807, 2.05) is 41.0 Å². The molecule has 2 amide bonds. The van der Waals surface area contributed by atoms with E-state index in [0.29, 0.717) is 5.56 Å². The second-order valence-electron chi connectivity index (χ2n) is 5.35. The number of nitrogens with two attached hydrogens (primary N) is 1. The largest absolute Gasteiger partial charge is 0.366 e. The first kappa shape index (κ1) is 12.6. The summed E-state index contributed by atoms with van der Waals surface area (Å²) in [5, 5.41) is 3.88. The zero-order valence-electron chi connectivity index (χ0n) is 11.7. The quantitative estimate of drug-likeness (QED) is 0.722. The number of para-hydroxylation sites is 1. The van der Waals surface area contributed by atoms with Crippen LogP contribution < -0.4 is 11.1 Å². The Morgan fingerprint density at radius 2 is 1.95 bits per heavy atom. The van der Waals surface area contributed by atoms with E-state index < -0.39 is 5.91 Å². The van der Waals surface area contributed by atoms with E-state index in [0.717, 1.165) is 27.8 Å². The molecule has 0 unspecified atom stereocenters. The van der Waals surface area contributed by atoms with Crippen LogP contribution in [0, 0.1) is 0 Å². The van der Waals surface area contributed by atoms with Gasteiger partial charge in [0.15, 0.2) is 0 Å². The van der Waals surface area contributed by atoms with Crippen LogP contribution in [0.4, 0.5) is 5.69 Å². The van der Waals surface area contributed by atoms with Gasteiger partial charge < -0.3 is 15.6 Å². The number of carbonyl (C=O) groups is 2. The van der Waals surface area contributed by atoms with E-state index in [1.54, 1.807) is 12.1 Å². The SMILES string of the molecule is NC(=O)c1ccc2cc3n(c2c1)CC(=O)Nc1ccccc1-3. The molecule has 0 bridgehead atoms. The lowest BCUT2D eigenvalue weighted by Gasteiger charge is -2.06. The van der Waals surface area contributed by atoms with Crippen molar-refractivity contribution in [2.45, 2.75) is 6.54 Å². The Labute approximate surface area is 126 Å². The fraction of sp³-hybridized carbons (Fsp3) is 0.0588. The molecule has 0 spiro atoms. The Morgan fingerprint density at radius 3 is 2.77 bits per heavy atom. The van der Waals surface area contributed by atoms with Gasteiger partial charge in [-0.25, -0.2) is 0 Å². The standard InChI is InChI=1S/C17H13N3O2/c18-17(22)11-6-5-10-7-15-12-3-1-2-4-13(12)19-16(21)9-20(15)14(10)8-11/h1-8H,9H2,(H2,18,22)(H,19,21). The van der Waals surface area contributed by atoms with Gasteiger partial charge in [-0.3, -0.25) is 9.59 Å². The first-order valence-corrected chi connectivity index (χ1v) is 6.96. The van der Waals surface area contributed by atoms with Gasteiger partial charge in [0.05, 0.1) is 11.4 Å². The summed E-state index contributed by atoms with van der Waals surface area (Å²) in [7, 11) is 0. The minimum Gasteiger partial charge on any atom is -0.366 e. The molecule has 0 radical (unpaired) electrons. The van der Waals surface area contributed by atoms with Gasteiger partial charge in [0.25, 0.3) is 0 Å². The third kappa shape index (κ3) is 1.79. The number of carbonyl (C=O) groups excluding carboxylic acids is 2. The molecule has 5 nitrogen and oxygen atoms in total. The fourth-order valence-corrected chi connectivity index (χ4v) is 2.95. The third-order valence-electron chi connectivity index (χ3n) is 3.97. The second-order valence-corrected chi connectivity index (χ2v) is 5.35. The molecule has 108 valence electrons. The number of rotatable bonds is 1. The molecule has 4 rings (SSSR count). The van der Waals surface area contributed by atoms with Crippen molar-refractivity contribution in [2.75, 3.05) is 5.32 Å². The van der Waals surface area contributed by atoms with Gasteiger partial charge in [0.1, 0.15) is 6.54 Å². The van der Waals surface area contributed by atoms with Gasteiger partial charge in [-0.05, 0) is 24.3 Å². The summed E-state index contributed by atoms with van der Waals surface area (Å²) in [6, 6.07) is 15.0. The number of nitrogens with zero attached hydrogens (tertiary/aromatic N) is 1. The number of benzene rings is 2. The lowest BCUT2D eigenvalue weighted by molar-refractivity contribution is -0.116. The van der Waals surface area contributed by atoms with Crippen LogP contribution in [0.15, 0.2) is 48.5 Å². The molecule has 5 heteroatoms. The highest BCUT2D eigenvalue weighted by Gasteiger charge is 2.20. The van der Waals surface area contributed by atoms with Gasteiger partial charge in [-0.2, -0.15) is 0 Å². The zero-order chi connectivity index (χ0) is 15.3. The number of primary amides is 1. The molecule has 22 heavy (non-hydrogen) atoms. The fourth-order valence-electron chi connectivity index (χ4n) is 2.95. The van der Waals surface area contributed by atoms with Gasteiger partial charge in [-0.15, -0.1) is 0 Å². The summed E-state index contributed by atoms with van der Waals surface area (Å²) in [5.74, 6) is -0.566. The Bertz CT molecular complexity index is 940. The molecule has 0 saturated heterocycles. The highest BCUT2D eigenvalue weighted by molar-refractivity contribution is 6.03. The first-order chi connectivity index (χ1) is 10.6. The molecular formula is C17H13N3O2. The predicted molar refractivity (Wildman–Crippen MR) is 84.5 cm³/mol. The molecule has 1 aromatic heterocycles. The summed E-state index contributed by atoms with van der Waals surface area (Å²) in [6.07, 6.45) is 0. The Hall–Kier alpha value is -3.08. The van der Waals surface area contributed by atoms with E-state index in [-0.39, 0.29) is 12.5 Å². The highest BCUT2D eigenvalue weighted by Crippen LogP contribution is 2.35. The van der Waals surface area contributed by atoms with Crippen LogP contribution >= 0.6 is 0 Å². The third-order valence-corrected chi connectivity index (χ3v) is 3.97. The van der Waals surface area contributed by atoms with E-state index in [9.17, 15) is 9.59 Å². The van der Waals surface area contributed by atoms with Crippen molar-refractivity contribution in [3.63, 3.8) is 0 Å². The predicted octanol–water partition coefficient (Wildman–Crippen LogP) is 2.36. The van der Waals surface area contributed by atoms with Gasteiger partial charge in [-0.1, -0.05) is 24.3 Å². The molecule has 3 N–H and O–H groups in total. The molecule has 2 heterocycles. The number of aromatic nitrogens is 1. The van der Waals surface area contributed by atoms with Crippen molar-refractivity contribution >= 4 is 28.4 Å². The minimum atomic E-state index is -0.476. The summed E-state index contributed by atoms with van der Waals surface area (Å²) in [4.78, 5) is 23.5. The molecule has 0 saturated carbocycles. The van der Waals surface area contributed by atoms with Crippen LogP contribution in [-0.2, 0) is 11.3 Å². The van der Waals surface area contributed by atoms with Gasteiger partial charge >= 0.3 is 0 Å².